The minimum atomic E-state index is -1.53. The summed E-state index contributed by atoms with van der Waals surface area (Å²) < 4.78 is 22.6. The molecule has 6 atom stereocenters. The number of carbonyl (C=O) groups is 1. The molecule has 0 aromatic carbocycles. The average molecular weight is 701 g/mol. The van der Waals surface area contributed by atoms with Crippen molar-refractivity contribution in [1.29, 1.82) is 0 Å². The van der Waals surface area contributed by atoms with Gasteiger partial charge in [-0.2, -0.15) is 0 Å². The fraction of sp³-hybridized carbons (Fsp3) is 0.925. The molecule has 0 aliphatic carbocycles. The van der Waals surface area contributed by atoms with Crippen LogP contribution in [0.4, 0.5) is 0 Å². The Morgan fingerprint density at radius 1 is 0.633 bits per heavy atom. The van der Waals surface area contributed by atoms with Crippen molar-refractivity contribution in [3.05, 3.63) is 12.2 Å². The molecule has 9 heteroatoms. The van der Waals surface area contributed by atoms with E-state index in [0.717, 1.165) is 32.1 Å². The highest BCUT2D eigenvalue weighted by Gasteiger charge is 2.44. The minimum Gasteiger partial charge on any atom is -0.457 e. The van der Waals surface area contributed by atoms with E-state index in [9.17, 15) is 25.2 Å². The number of hydrogen-bond acceptors (Lipinski definition) is 9. The van der Waals surface area contributed by atoms with Crippen molar-refractivity contribution in [3.8, 4) is 0 Å². The van der Waals surface area contributed by atoms with Crippen LogP contribution in [-0.4, -0.2) is 89.6 Å². The van der Waals surface area contributed by atoms with Gasteiger partial charge in [-0.25, -0.2) is 0 Å². The molecule has 0 aromatic rings. The van der Waals surface area contributed by atoms with Crippen LogP contribution in [-0.2, 0) is 23.7 Å². The van der Waals surface area contributed by atoms with E-state index in [1.807, 2.05) is 0 Å². The normalized spacial score (nSPS) is 21.8. The number of allylic oxidation sites excluding steroid dienone is 2. The zero-order valence-electron chi connectivity index (χ0n) is 31.5. The first-order valence-corrected chi connectivity index (χ1v) is 20.3. The molecule has 0 aromatic heterocycles. The molecule has 0 radical (unpaired) electrons. The topological polar surface area (TPSA) is 135 Å². The molecule has 1 heterocycles. The largest absolute Gasteiger partial charge is 0.457 e. The van der Waals surface area contributed by atoms with Crippen molar-refractivity contribution in [1.82, 2.24) is 0 Å². The monoisotopic (exact) mass is 701 g/mol. The maximum absolute atomic E-state index is 12.6. The Morgan fingerprint density at radius 3 is 1.65 bits per heavy atom. The van der Waals surface area contributed by atoms with Gasteiger partial charge in [-0.3, -0.25) is 4.79 Å². The van der Waals surface area contributed by atoms with E-state index in [1.165, 1.54) is 122 Å². The number of rotatable bonds is 34. The quantitative estimate of drug-likeness (QED) is 0.0299. The number of esters is 1. The Kier molecular flexibility index (Phi) is 30.8. The molecule has 1 aliphatic heterocycles. The summed E-state index contributed by atoms with van der Waals surface area (Å²) in [6.07, 6.45) is 27.0. The minimum absolute atomic E-state index is 0.110. The number of unbranched alkanes of at least 4 members (excludes halogenated alkanes) is 21. The van der Waals surface area contributed by atoms with Crippen LogP contribution in [0.5, 0.6) is 0 Å². The SMILES string of the molecule is CCCCCCCC/C=C\CCCCCCCCCCCCOCC(COC1OC(CO)C(O)C(O)C1O)OC(=O)CCCCCCCC. The fourth-order valence-electron chi connectivity index (χ4n) is 6.19. The Bertz CT molecular complexity index is 762. The van der Waals surface area contributed by atoms with Gasteiger partial charge >= 0.3 is 5.97 Å². The van der Waals surface area contributed by atoms with Gasteiger partial charge in [0.2, 0.25) is 0 Å². The molecule has 1 saturated heterocycles. The molecule has 0 spiro atoms. The predicted octanol–water partition coefficient (Wildman–Crippen LogP) is 8.08. The maximum Gasteiger partial charge on any atom is 0.306 e. The number of hydrogen-bond donors (Lipinski definition) is 4. The third kappa shape index (κ3) is 24.7. The molecule has 4 N–H and O–H groups in total. The zero-order valence-corrected chi connectivity index (χ0v) is 31.5. The van der Waals surface area contributed by atoms with Crippen LogP contribution in [0.1, 0.15) is 174 Å². The van der Waals surface area contributed by atoms with Gasteiger partial charge in [0, 0.05) is 13.0 Å². The van der Waals surface area contributed by atoms with Crippen LogP contribution in [0.25, 0.3) is 0 Å². The molecule has 0 bridgehead atoms. The smallest absolute Gasteiger partial charge is 0.306 e. The fourth-order valence-corrected chi connectivity index (χ4v) is 6.19. The van der Waals surface area contributed by atoms with Crippen LogP contribution < -0.4 is 0 Å². The van der Waals surface area contributed by atoms with E-state index in [1.54, 1.807) is 0 Å². The first-order valence-electron chi connectivity index (χ1n) is 20.3. The molecule has 290 valence electrons. The van der Waals surface area contributed by atoms with Crippen LogP contribution in [0, 0.1) is 0 Å². The maximum atomic E-state index is 12.6. The predicted molar refractivity (Wildman–Crippen MR) is 196 cm³/mol. The van der Waals surface area contributed by atoms with Crippen molar-refractivity contribution < 1.29 is 44.2 Å². The highest BCUT2D eigenvalue weighted by atomic mass is 16.7. The summed E-state index contributed by atoms with van der Waals surface area (Å²) in [5.74, 6) is -0.322. The summed E-state index contributed by atoms with van der Waals surface area (Å²) in [6.45, 7) is 4.49. The molecular formula is C40H76O9. The zero-order chi connectivity index (χ0) is 35.8. The second-order valence-corrected chi connectivity index (χ2v) is 14.1. The van der Waals surface area contributed by atoms with Crippen molar-refractivity contribution in [2.75, 3.05) is 26.4 Å². The number of carbonyl (C=O) groups excluding carboxylic acids is 1. The van der Waals surface area contributed by atoms with Crippen LogP contribution in [0.15, 0.2) is 12.2 Å². The van der Waals surface area contributed by atoms with Crippen LogP contribution >= 0.6 is 0 Å². The molecule has 0 saturated carbocycles. The Labute approximate surface area is 299 Å². The van der Waals surface area contributed by atoms with Gasteiger partial charge in [0.15, 0.2) is 6.29 Å². The average Bonchev–Trinajstić information content (AvgIpc) is 3.10. The highest BCUT2D eigenvalue weighted by Crippen LogP contribution is 2.22. The summed E-state index contributed by atoms with van der Waals surface area (Å²) >= 11 is 0. The van der Waals surface area contributed by atoms with Crippen LogP contribution in [0.2, 0.25) is 0 Å². The lowest BCUT2D eigenvalue weighted by molar-refractivity contribution is -0.305. The van der Waals surface area contributed by atoms with Crippen molar-refractivity contribution >= 4 is 5.97 Å². The number of aliphatic hydroxyl groups is 4. The lowest BCUT2D eigenvalue weighted by Gasteiger charge is -2.39. The first kappa shape index (κ1) is 46.0. The molecular weight excluding hydrogens is 624 g/mol. The van der Waals surface area contributed by atoms with Crippen molar-refractivity contribution in [3.63, 3.8) is 0 Å². The van der Waals surface area contributed by atoms with Gasteiger partial charge in [-0.15, -0.1) is 0 Å². The van der Waals surface area contributed by atoms with Gasteiger partial charge in [0.25, 0.3) is 0 Å². The summed E-state index contributed by atoms with van der Waals surface area (Å²) in [6, 6.07) is 0. The Morgan fingerprint density at radius 2 is 1.12 bits per heavy atom. The summed E-state index contributed by atoms with van der Waals surface area (Å²) in [5, 5.41) is 39.8. The molecule has 0 amide bonds. The number of aliphatic hydroxyl groups excluding tert-OH is 4. The molecule has 9 nitrogen and oxygen atoms in total. The van der Waals surface area contributed by atoms with Gasteiger partial charge in [0.05, 0.1) is 19.8 Å². The van der Waals surface area contributed by atoms with E-state index >= 15 is 0 Å². The summed E-state index contributed by atoms with van der Waals surface area (Å²) in [5.41, 5.74) is 0. The lowest BCUT2D eigenvalue weighted by atomic mass is 9.99. The van der Waals surface area contributed by atoms with E-state index < -0.39 is 43.4 Å². The van der Waals surface area contributed by atoms with E-state index in [-0.39, 0.29) is 19.2 Å². The number of ether oxygens (including phenoxy) is 4. The highest BCUT2D eigenvalue weighted by molar-refractivity contribution is 5.69. The first-order chi connectivity index (χ1) is 23.9. The van der Waals surface area contributed by atoms with Crippen molar-refractivity contribution in [2.24, 2.45) is 0 Å². The van der Waals surface area contributed by atoms with E-state index in [0.29, 0.717) is 13.0 Å². The van der Waals surface area contributed by atoms with Crippen molar-refractivity contribution in [2.45, 2.75) is 211 Å². The molecule has 6 unspecified atom stereocenters. The summed E-state index contributed by atoms with van der Waals surface area (Å²) in [4.78, 5) is 12.6. The van der Waals surface area contributed by atoms with E-state index in [4.69, 9.17) is 18.9 Å². The summed E-state index contributed by atoms with van der Waals surface area (Å²) in [7, 11) is 0. The molecule has 1 rings (SSSR count). The second-order valence-electron chi connectivity index (χ2n) is 14.1. The molecule has 1 fully saturated rings. The van der Waals surface area contributed by atoms with Gasteiger partial charge in [-0.1, -0.05) is 142 Å². The lowest BCUT2D eigenvalue weighted by Crippen LogP contribution is -2.59. The molecule has 1 aliphatic rings. The standard InChI is InChI=1S/C40H76O9/c1-3-5-7-9-11-12-13-14-15-16-17-18-19-20-21-22-23-24-26-28-30-46-32-34(48-36(42)29-27-25-10-8-6-4-2)33-47-40-39(45)38(44)37(43)35(31-41)49-40/h14-15,34-35,37-41,43-45H,3-13,16-33H2,1-2H3/b15-14-. The Hall–Kier alpha value is -1.07. The molecule has 49 heavy (non-hydrogen) atoms. The Balaban J connectivity index is 2.18. The van der Waals surface area contributed by atoms with E-state index in [2.05, 4.69) is 26.0 Å². The third-order valence-corrected chi connectivity index (χ3v) is 9.43. The van der Waals surface area contributed by atoms with Gasteiger partial charge in [-0.05, 0) is 38.5 Å². The third-order valence-electron chi connectivity index (χ3n) is 9.43. The van der Waals surface area contributed by atoms with Gasteiger partial charge in [0.1, 0.15) is 30.5 Å². The second kappa shape index (κ2) is 32.8. The van der Waals surface area contributed by atoms with Crippen LogP contribution in [0.3, 0.4) is 0 Å². The van der Waals surface area contributed by atoms with Gasteiger partial charge < -0.3 is 39.4 Å².